The van der Waals surface area contributed by atoms with Gasteiger partial charge in [0, 0.05) is 11.6 Å². The molecule has 1 aliphatic rings. The van der Waals surface area contributed by atoms with E-state index < -0.39 is 0 Å². The summed E-state index contributed by atoms with van der Waals surface area (Å²) in [7, 11) is 0. The zero-order valence-corrected chi connectivity index (χ0v) is 9.57. The van der Waals surface area contributed by atoms with Gasteiger partial charge in [0.15, 0.2) is 0 Å². The Kier molecular flexibility index (Phi) is 2.83. The molecule has 0 bridgehead atoms. The summed E-state index contributed by atoms with van der Waals surface area (Å²) in [4.78, 5) is 26.2. The standard InChI is InChI=1S/C11H11ClN2O2/c1-2-13-7-10(15)14(11(13)16)9-5-3-8(12)4-6-9/h3-6H,2,7H2,1H3. The van der Waals surface area contributed by atoms with Gasteiger partial charge in [0.1, 0.15) is 6.54 Å². The Balaban J connectivity index is 2.31. The van der Waals surface area contributed by atoms with Crippen molar-refractivity contribution >= 4 is 29.2 Å². The van der Waals surface area contributed by atoms with E-state index in [4.69, 9.17) is 11.6 Å². The minimum atomic E-state index is -0.269. The molecular weight excluding hydrogens is 228 g/mol. The Morgan fingerprint density at radius 2 is 1.88 bits per heavy atom. The molecule has 0 spiro atoms. The quantitative estimate of drug-likeness (QED) is 0.741. The predicted octanol–water partition coefficient (Wildman–Crippen LogP) is 2.13. The molecule has 4 nitrogen and oxygen atoms in total. The van der Waals surface area contributed by atoms with E-state index >= 15 is 0 Å². The third kappa shape index (κ3) is 1.76. The number of likely N-dealkylation sites (N-methyl/N-ethyl adjacent to an activating group) is 1. The highest BCUT2D eigenvalue weighted by Crippen LogP contribution is 2.22. The van der Waals surface area contributed by atoms with E-state index in [1.54, 1.807) is 24.3 Å². The lowest BCUT2D eigenvalue weighted by molar-refractivity contribution is -0.116. The van der Waals surface area contributed by atoms with Gasteiger partial charge in [0.2, 0.25) is 0 Å². The Bertz CT molecular complexity index is 430. The lowest BCUT2D eigenvalue weighted by Crippen LogP contribution is -2.32. The van der Waals surface area contributed by atoms with Gasteiger partial charge in [-0.2, -0.15) is 0 Å². The first-order valence-electron chi connectivity index (χ1n) is 5.01. The van der Waals surface area contributed by atoms with E-state index in [2.05, 4.69) is 0 Å². The van der Waals surface area contributed by atoms with Crippen LogP contribution in [0.1, 0.15) is 6.92 Å². The summed E-state index contributed by atoms with van der Waals surface area (Å²) in [5.74, 6) is -0.200. The number of carbonyl (C=O) groups is 2. The van der Waals surface area contributed by atoms with E-state index in [1.165, 1.54) is 9.80 Å². The molecule has 0 N–H and O–H groups in total. The van der Waals surface area contributed by atoms with Gasteiger partial charge >= 0.3 is 6.03 Å². The van der Waals surface area contributed by atoms with Gasteiger partial charge in [-0.25, -0.2) is 9.69 Å². The Morgan fingerprint density at radius 1 is 1.25 bits per heavy atom. The molecule has 0 saturated carbocycles. The second-order valence-electron chi connectivity index (χ2n) is 3.50. The van der Waals surface area contributed by atoms with Crippen LogP contribution in [0.25, 0.3) is 0 Å². The minimum Gasteiger partial charge on any atom is -0.315 e. The number of nitrogens with zero attached hydrogens (tertiary/aromatic N) is 2. The molecule has 5 heteroatoms. The maximum absolute atomic E-state index is 11.8. The normalized spacial score (nSPS) is 16.1. The fourth-order valence-corrected chi connectivity index (χ4v) is 1.77. The van der Waals surface area contributed by atoms with Gasteiger partial charge < -0.3 is 4.90 Å². The number of imide groups is 1. The number of hydrogen-bond donors (Lipinski definition) is 0. The molecular formula is C11H11ClN2O2. The van der Waals surface area contributed by atoms with Crippen molar-refractivity contribution in [3.63, 3.8) is 0 Å². The second kappa shape index (κ2) is 4.14. The van der Waals surface area contributed by atoms with Crippen LogP contribution in [-0.4, -0.2) is 29.9 Å². The molecule has 3 amide bonds. The topological polar surface area (TPSA) is 40.6 Å². The summed E-state index contributed by atoms with van der Waals surface area (Å²) >= 11 is 5.75. The molecule has 0 unspecified atom stereocenters. The smallest absolute Gasteiger partial charge is 0.315 e. The first-order chi connectivity index (χ1) is 7.63. The fourth-order valence-electron chi connectivity index (χ4n) is 1.64. The summed E-state index contributed by atoms with van der Waals surface area (Å²) in [5, 5.41) is 0.579. The monoisotopic (exact) mass is 238 g/mol. The van der Waals surface area contributed by atoms with Crippen molar-refractivity contribution in [2.24, 2.45) is 0 Å². The largest absolute Gasteiger partial charge is 0.331 e. The maximum Gasteiger partial charge on any atom is 0.331 e. The number of halogens is 1. The van der Waals surface area contributed by atoms with Crippen LogP contribution in [0.3, 0.4) is 0 Å². The molecule has 1 heterocycles. The number of anilines is 1. The van der Waals surface area contributed by atoms with Gasteiger partial charge in [-0.3, -0.25) is 4.79 Å². The second-order valence-corrected chi connectivity index (χ2v) is 3.94. The zero-order chi connectivity index (χ0) is 11.7. The van der Waals surface area contributed by atoms with Crippen LogP contribution in [0.4, 0.5) is 10.5 Å². The van der Waals surface area contributed by atoms with Crippen molar-refractivity contribution in [3.05, 3.63) is 29.3 Å². The summed E-state index contributed by atoms with van der Waals surface area (Å²) in [6.07, 6.45) is 0. The molecule has 1 saturated heterocycles. The van der Waals surface area contributed by atoms with Gasteiger partial charge in [-0.15, -0.1) is 0 Å². The van der Waals surface area contributed by atoms with Crippen LogP contribution in [0.15, 0.2) is 24.3 Å². The van der Waals surface area contributed by atoms with Crippen LogP contribution >= 0.6 is 11.6 Å². The lowest BCUT2D eigenvalue weighted by atomic mass is 10.3. The van der Waals surface area contributed by atoms with Crippen LogP contribution in [0, 0.1) is 0 Å². The molecule has 1 aromatic carbocycles. The number of amides is 3. The summed E-state index contributed by atoms with van der Waals surface area (Å²) in [6.45, 7) is 2.53. The van der Waals surface area contributed by atoms with Gasteiger partial charge in [0.05, 0.1) is 5.69 Å². The molecule has 0 aliphatic carbocycles. The first-order valence-corrected chi connectivity index (χ1v) is 5.38. The van der Waals surface area contributed by atoms with Crippen LogP contribution in [-0.2, 0) is 4.79 Å². The minimum absolute atomic E-state index is 0.151. The molecule has 1 aliphatic heterocycles. The summed E-state index contributed by atoms with van der Waals surface area (Å²) in [5.41, 5.74) is 0.565. The van der Waals surface area contributed by atoms with Crippen molar-refractivity contribution in [1.82, 2.24) is 4.90 Å². The SMILES string of the molecule is CCN1CC(=O)N(c2ccc(Cl)cc2)C1=O. The van der Waals surface area contributed by atoms with E-state index in [1.807, 2.05) is 6.92 Å². The molecule has 0 atom stereocenters. The molecule has 16 heavy (non-hydrogen) atoms. The number of benzene rings is 1. The van der Waals surface area contributed by atoms with Crippen molar-refractivity contribution < 1.29 is 9.59 Å². The molecule has 1 aromatic rings. The summed E-state index contributed by atoms with van der Waals surface area (Å²) < 4.78 is 0. The molecule has 84 valence electrons. The zero-order valence-electron chi connectivity index (χ0n) is 8.81. The Labute approximate surface area is 98.4 Å². The van der Waals surface area contributed by atoms with Crippen LogP contribution in [0.2, 0.25) is 5.02 Å². The van der Waals surface area contributed by atoms with Crippen LogP contribution in [0.5, 0.6) is 0 Å². The van der Waals surface area contributed by atoms with Gasteiger partial charge in [-0.1, -0.05) is 11.6 Å². The predicted molar refractivity (Wildman–Crippen MR) is 61.6 cm³/mol. The number of hydrogen-bond acceptors (Lipinski definition) is 2. The highest BCUT2D eigenvalue weighted by atomic mass is 35.5. The highest BCUT2D eigenvalue weighted by molar-refractivity contribution is 6.30. The van der Waals surface area contributed by atoms with E-state index in [0.29, 0.717) is 17.3 Å². The van der Waals surface area contributed by atoms with Crippen molar-refractivity contribution in [2.75, 3.05) is 18.0 Å². The van der Waals surface area contributed by atoms with Crippen LogP contribution < -0.4 is 4.90 Å². The highest BCUT2D eigenvalue weighted by Gasteiger charge is 2.35. The average Bonchev–Trinajstić information content (AvgIpc) is 2.56. The van der Waals surface area contributed by atoms with Gasteiger partial charge in [-0.05, 0) is 31.2 Å². The van der Waals surface area contributed by atoms with E-state index in [-0.39, 0.29) is 18.5 Å². The summed E-state index contributed by atoms with van der Waals surface area (Å²) in [6, 6.07) is 6.38. The third-order valence-electron chi connectivity index (χ3n) is 2.50. The molecule has 0 radical (unpaired) electrons. The van der Waals surface area contributed by atoms with Crippen molar-refractivity contribution in [3.8, 4) is 0 Å². The lowest BCUT2D eigenvalue weighted by Gasteiger charge is -2.15. The molecule has 2 rings (SSSR count). The molecule has 0 aromatic heterocycles. The maximum atomic E-state index is 11.8. The number of rotatable bonds is 2. The number of carbonyl (C=O) groups excluding carboxylic acids is 2. The first kappa shape index (κ1) is 11.0. The Hall–Kier alpha value is -1.55. The average molecular weight is 239 g/mol. The van der Waals surface area contributed by atoms with Crippen molar-refractivity contribution in [2.45, 2.75) is 6.92 Å². The van der Waals surface area contributed by atoms with E-state index in [0.717, 1.165) is 0 Å². The molecule has 1 fully saturated rings. The number of urea groups is 1. The van der Waals surface area contributed by atoms with E-state index in [9.17, 15) is 9.59 Å². The fraction of sp³-hybridized carbons (Fsp3) is 0.273. The van der Waals surface area contributed by atoms with Gasteiger partial charge in [0.25, 0.3) is 5.91 Å². The third-order valence-corrected chi connectivity index (χ3v) is 2.76. The van der Waals surface area contributed by atoms with Crippen molar-refractivity contribution in [1.29, 1.82) is 0 Å². The Morgan fingerprint density at radius 3 is 2.38 bits per heavy atom.